The molecule has 0 atom stereocenters. The molecular formula is C18H15F2N5O. The van der Waals surface area contributed by atoms with Crippen molar-refractivity contribution in [2.24, 2.45) is 0 Å². The summed E-state index contributed by atoms with van der Waals surface area (Å²) in [6, 6.07) is 8.08. The largest absolute Gasteiger partial charge is 0.350 e. The fourth-order valence-corrected chi connectivity index (χ4v) is 2.22. The molecule has 0 saturated heterocycles. The molecule has 8 heteroatoms. The first-order valence-corrected chi connectivity index (χ1v) is 7.76. The van der Waals surface area contributed by atoms with Crippen LogP contribution in [0.5, 0.6) is 0 Å². The summed E-state index contributed by atoms with van der Waals surface area (Å²) in [7, 11) is 0. The van der Waals surface area contributed by atoms with Crippen LogP contribution in [0.25, 0.3) is 0 Å². The first-order chi connectivity index (χ1) is 12.5. The van der Waals surface area contributed by atoms with Gasteiger partial charge < -0.3 is 10.6 Å². The van der Waals surface area contributed by atoms with Crippen LogP contribution in [0, 0.1) is 18.6 Å². The summed E-state index contributed by atoms with van der Waals surface area (Å²) in [5, 5.41) is 5.39. The molecule has 0 aliphatic heterocycles. The van der Waals surface area contributed by atoms with Gasteiger partial charge in [-0.05, 0) is 36.8 Å². The van der Waals surface area contributed by atoms with Crippen LogP contribution in [0.3, 0.4) is 0 Å². The molecule has 6 nitrogen and oxygen atoms in total. The van der Waals surface area contributed by atoms with E-state index in [0.29, 0.717) is 18.3 Å². The molecule has 0 radical (unpaired) electrons. The molecule has 2 aromatic heterocycles. The van der Waals surface area contributed by atoms with Crippen LogP contribution in [-0.2, 0) is 6.54 Å². The summed E-state index contributed by atoms with van der Waals surface area (Å²) in [4.78, 5) is 24.7. The van der Waals surface area contributed by atoms with E-state index in [0.717, 1.165) is 17.7 Å². The number of hydrogen-bond acceptors (Lipinski definition) is 5. The highest BCUT2D eigenvalue weighted by Crippen LogP contribution is 2.16. The van der Waals surface area contributed by atoms with E-state index >= 15 is 0 Å². The second-order valence-corrected chi connectivity index (χ2v) is 5.51. The molecule has 26 heavy (non-hydrogen) atoms. The number of halogens is 2. The molecule has 132 valence electrons. The van der Waals surface area contributed by atoms with Gasteiger partial charge in [-0.15, -0.1) is 0 Å². The lowest BCUT2D eigenvalue weighted by atomic mass is 10.2. The van der Waals surface area contributed by atoms with Gasteiger partial charge in [0, 0.05) is 30.7 Å². The average molecular weight is 355 g/mol. The molecule has 1 aromatic carbocycles. The second kappa shape index (κ2) is 7.64. The zero-order valence-corrected chi connectivity index (χ0v) is 13.8. The Balaban J connectivity index is 1.75. The third-order valence-electron chi connectivity index (χ3n) is 3.44. The van der Waals surface area contributed by atoms with Gasteiger partial charge in [0.05, 0.1) is 5.69 Å². The van der Waals surface area contributed by atoms with Crippen molar-refractivity contribution in [2.45, 2.75) is 13.5 Å². The summed E-state index contributed by atoms with van der Waals surface area (Å²) in [6.07, 6.45) is 3.37. The lowest BCUT2D eigenvalue weighted by molar-refractivity contribution is 0.102. The zero-order valence-electron chi connectivity index (χ0n) is 13.8. The van der Waals surface area contributed by atoms with Crippen molar-refractivity contribution in [3.8, 4) is 0 Å². The monoisotopic (exact) mass is 355 g/mol. The minimum absolute atomic E-state index is 0.0647. The second-order valence-electron chi connectivity index (χ2n) is 5.51. The van der Waals surface area contributed by atoms with Crippen molar-refractivity contribution in [1.82, 2.24) is 15.0 Å². The Morgan fingerprint density at radius 1 is 1.15 bits per heavy atom. The number of nitrogens with one attached hydrogen (secondary N) is 2. The molecule has 1 amide bonds. The smallest absolute Gasteiger partial charge is 0.274 e. The molecule has 0 fully saturated rings. The van der Waals surface area contributed by atoms with Gasteiger partial charge in [0.25, 0.3) is 5.91 Å². The fourth-order valence-electron chi connectivity index (χ4n) is 2.22. The highest BCUT2D eigenvalue weighted by atomic mass is 19.1. The van der Waals surface area contributed by atoms with Gasteiger partial charge in [0.15, 0.2) is 0 Å². The van der Waals surface area contributed by atoms with Gasteiger partial charge in [-0.2, -0.15) is 0 Å². The van der Waals surface area contributed by atoms with Gasteiger partial charge >= 0.3 is 0 Å². The van der Waals surface area contributed by atoms with E-state index in [1.165, 1.54) is 6.07 Å². The first kappa shape index (κ1) is 17.4. The summed E-state index contributed by atoms with van der Waals surface area (Å²) >= 11 is 0. The van der Waals surface area contributed by atoms with Crippen LogP contribution in [0.4, 0.5) is 20.4 Å². The van der Waals surface area contributed by atoms with Crippen molar-refractivity contribution in [2.75, 3.05) is 10.6 Å². The van der Waals surface area contributed by atoms with Crippen molar-refractivity contribution in [3.63, 3.8) is 0 Å². The number of nitrogens with zero attached hydrogens (tertiary/aromatic N) is 3. The van der Waals surface area contributed by atoms with E-state index < -0.39 is 17.5 Å². The third kappa shape index (κ3) is 4.35. The van der Waals surface area contributed by atoms with E-state index in [1.807, 2.05) is 12.1 Å². The molecule has 0 aliphatic rings. The maximum absolute atomic E-state index is 13.7. The van der Waals surface area contributed by atoms with Crippen molar-refractivity contribution in [3.05, 3.63) is 77.4 Å². The molecule has 3 aromatic rings. The van der Waals surface area contributed by atoms with E-state index in [9.17, 15) is 13.6 Å². The lowest BCUT2D eigenvalue weighted by Crippen LogP contribution is -2.17. The van der Waals surface area contributed by atoms with E-state index in [-0.39, 0.29) is 17.3 Å². The number of aromatic nitrogens is 3. The average Bonchev–Trinajstić information content (AvgIpc) is 2.63. The Kier molecular flexibility index (Phi) is 5.12. The van der Waals surface area contributed by atoms with E-state index in [1.54, 1.807) is 19.3 Å². The summed E-state index contributed by atoms with van der Waals surface area (Å²) < 4.78 is 26.6. The Hall–Kier alpha value is -3.42. The van der Waals surface area contributed by atoms with Gasteiger partial charge in [-0.3, -0.25) is 9.78 Å². The number of hydrogen-bond donors (Lipinski definition) is 2. The van der Waals surface area contributed by atoms with Gasteiger partial charge in [-0.1, -0.05) is 6.07 Å². The molecule has 2 heterocycles. The summed E-state index contributed by atoms with van der Waals surface area (Å²) in [6.45, 7) is 2.15. The highest BCUT2D eigenvalue weighted by molar-refractivity contribution is 6.03. The Labute approximate surface area is 148 Å². The number of pyridine rings is 1. The molecule has 2 N–H and O–H groups in total. The van der Waals surface area contributed by atoms with Crippen LogP contribution >= 0.6 is 0 Å². The van der Waals surface area contributed by atoms with Crippen LogP contribution in [0.1, 0.15) is 21.7 Å². The Bertz CT molecular complexity index is 934. The SMILES string of the molecule is Cc1cc(C(=O)Nc2ccc(F)cc2F)nc(NCc2cccnc2)n1. The van der Waals surface area contributed by atoms with Crippen molar-refractivity contribution in [1.29, 1.82) is 0 Å². The normalized spacial score (nSPS) is 10.4. The van der Waals surface area contributed by atoms with Crippen LogP contribution in [-0.4, -0.2) is 20.9 Å². The maximum atomic E-state index is 13.7. The number of aryl methyl sites for hydroxylation is 1. The number of amides is 1. The molecule has 0 bridgehead atoms. The fraction of sp³-hybridized carbons (Fsp3) is 0.111. The predicted octanol–water partition coefficient (Wildman–Crippen LogP) is 3.32. The highest BCUT2D eigenvalue weighted by Gasteiger charge is 2.13. The van der Waals surface area contributed by atoms with Gasteiger partial charge in [0.1, 0.15) is 17.3 Å². The zero-order chi connectivity index (χ0) is 18.5. The lowest BCUT2D eigenvalue weighted by Gasteiger charge is -2.09. The number of carbonyl (C=O) groups is 1. The van der Waals surface area contributed by atoms with Crippen molar-refractivity contribution < 1.29 is 13.6 Å². The molecular weight excluding hydrogens is 340 g/mol. The minimum Gasteiger partial charge on any atom is -0.350 e. The molecule has 0 saturated carbocycles. The van der Waals surface area contributed by atoms with E-state index in [2.05, 4.69) is 25.6 Å². The maximum Gasteiger partial charge on any atom is 0.274 e. The standard InChI is InChI=1S/C18H15F2N5O/c1-11-7-16(17(26)24-15-5-4-13(19)8-14(15)20)25-18(23-11)22-10-12-3-2-6-21-9-12/h2-9H,10H2,1H3,(H,24,26)(H,22,23,25). The summed E-state index contributed by atoms with van der Waals surface area (Å²) in [5.74, 6) is -1.94. The van der Waals surface area contributed by atoms with Gasteiger partial charge in [-0.25, -0.2) is 18.7 Å². The van der Waals surface area contributed by atoms with Crippen LogP contribution in [0.15, 0.2) is 48.8 Å². The van der Waals surface area contributed by atoms with Gasteiger partial charge in [0.2, 0.25) is 5.95 Å². The Morgan fingerprint density at radius 3 is 2.73 bits per heavy atom. The van der Waals surface area contributed by atoms with E-state index in [4.69, 9.17) is 0 Å². The van der Waals surface area contributed by atoms with Crippen molar-refractivity contribution >= 4 is 17.5 Å². The summed E-state index contributed by atoms with van der Waals surface area (Å²) in [5.41, 5.74) is 1.43. The topological polar surface area (TPSA) is 79.8 Å². The number of rotatable bonds is 5. The quantitative estimate of drug-likeness (QED) is 0.734. The number of benzene rings is 1. The molecule has 3 rings (SSSR count). The molecule has 0 unspecified atom stereocenters. The van der Waals surface area contributed by atoms with Crippen LogP contribution in [0.2, 0.25) is 0 Å². The third-order valence-corrected chi connectivity index (χ3v) is 3.44. The first-order valence-electron chi connectivity index (χ1n) is 7.76. The molecule has 0 aliphatic carbocycles. The number of carbonyl (C=O) groups excluding carboxylic acids is 1. The minimum atomic E-state index is -0.862. The number of anilines is 2. The Morgan fingerprint density at radius 2 is 2.00 bits per heavy atom. The predicted molar refractivity (Wildman–Crippen MR) is 92.6 cm³/mol. The van der Waals surface area contributed by atoms with Crippen LogP contribution < -0.4 is 10.6 Å². The molecule has 0 spiro atoms.